The first kappa shape index (κ1) is 15.1. The zero-order valence-electron chi connectivity index (χ0n) is 11.6. The Bertz CT molecular complexity index is 522. The lowest BCUT2D eigenvalue weighted by atomic mass is 10.00. The largest absolute Gasteiger partial charge is 0.453 e. The van der Waals surface area contributed by atoms with Gasteiger partial charge >= 0.3 is 12.7 Å². The van der Waals surface area contributed by atoms with E-state index in [1.165, 1.54) is 24.1 Å². The molecule has 0 bridgehead atoms. The van der Waals surface area contributed by atoms with Crippen molar-refractivity contribution < 1.29 is 23.0 Å². The molecule has 2 rings (SSSR count). The van der Waals surface area contributed by atoms with Gasteiger partial charge in [0.2, 0.25) is 0 Å². The molecule has 114 valence electrons. The molecule has 2 atom stereocenters. The molecule has 0 fully saturated rings. The van der Waals surface area contributed by atoms with Gasteiger partial charge < -0.3 is 14.4 Å². The summed E-state index contributed by atoms with van der Waals surface area (Å²) in [6.45, 7) is -2.49. The van der Waals surface area contributed by atoms with Crippen molar-refractivity contribution in [1.29, 1.82) is 0 Å². The third-order valence-electron chi connectivity index (χ3n) is 3.25. The second-order valence-electron chi connectivity index (χ2n) is 4.48. The van der Waals surface area contributed by atoms with Crippen molar-refractivity contribution in [2.24, 2.45) is 10.2 Å². The summed E-state index contributed by atoms with van der Waals surface area (Å²) in [5.41, 5.74) is 0.763. The highest BCUT2D eigenvalue weighted by Gasteiger charge is 2.33. The van der Waals surface area contributed by atoms with Crippen LogP contribution in [-0.4, -0.2) is 44.3 Å². The van der Waals surface area contributed by atoms with Gasteiger partial charge in [-0.05, 0) is 17.7 Å². The minimum absolute atomic E-state index is 0.0709. The van der Waals surface area contributed by atoms with Gasteiger partial charge in [0.1, 0.15) is 11.8 Å². The molecule has 0 saturated heterocycles. The number of benzene rings is 1. The highest BCUT2D eigenvalue weighted by Crippen LogP contribution is 2.31. The van der Waals surface area contributed by atoms with Crippen molar-refractivity contribution in [1.82, 2.24) is 4.90 Å². The highest BCUT2D eigenvalue weighted by atomic mass is 19.3. The number of azo groups is 1. The van der Waals surface area contributed by atoms with E-state index < -0.39 is 12.7 Å². The maximum absolute atomic E-state index is 12.1. The fourth-order valence-corrected chi connectivity index (χ4v) is 2.14. The Balaban J connectivity index is 2.12. The molecule has 0 aromatic heterocycles. The van der Waals surface area contributed by atoms with Crippen molar-refractivity contribution in [3.63, 3.8) is 0 Å². The second kappa shape index (κ2) is 6.47. The number of hydrogen-bond acceptors (Lipinski definition) is 5. The summed E-state index contributed by atoms with van der Waals surface area (Å²) in [5, 5.41) is 8.06. The molecule has 1 aliphatic rings. The van der Waals surface area contributed by atoms with Crippen LogP contribution in [0.3, 0.4) is 0 Å². The van der Waals surface area contributed by atoms with Gasteiger partial charge in [0.15, 0.2) is 0 Å². The molecule has 0 radical (unpaired) electrons. The molecular formula is C13H15F2N3O3. The van der Waals surface area contributed by atoms with Gasteiger partial charge in [-0.2, -0.15) is 19.0 Å². The van der Waals surface area contributed by atoms with Crippen molar-refractivity contribution >= 4 is 6.09 Å². The number of carbonyl (C=O) groups excluding carboxylic acids is 1. The fourth-order valence-electron chi connectivity index (χ4n) is 2.14. The molecule has 1 heterocycles. The SMILES string of the molecule is COC(=O)N(C)C1CN=NC1c1ccc(OC(F)F)cc1. The molecule has 1 aliphatic heterocycles. The molecule has 6 nitrogen and oxygen atoms in total. The van der Waals surface area contributed by atoms with E-state index in [4.69, 9.17) is 0 Å². The van der Waals surface area contributed by atoms with Crippen LogP contribution in [0.1, 0.15) is 11.6 Å². The summed E-state index contributed by atoms with van der Waals surface area (Å²) in [6, 6.07) is 5.51. The van der Waals surface area contributed by atoms with Crippen LogP contribution in [0.2, 0.25) is 0 Å². The van der Waals surface area contributed by atoms with Crippen molar-refractivity contribution in [2.45, 2.75) is 18.7 Å². The number of amides is 1. The second-order valence-corrected chi connectivity index (χ2v) is 4.48. The van der Waals surface area contributed by atoms with Crippen molar-refractivity contribution in [3.8, 4) is 5.75 Å². The van der Waals surface area contributed by atoms with Gasteiger partial charge in [-0.15, -0.1) is 0 Å². The predicted octanol–water partition coefficient (Wildman–Crippen LogP) is 2.86. The fraction of sp³-hybridized carbons (Fsp3) is 0.462. The van der Waals surface area contributed by atoms with Gasteiger partial charge in [-0.3, -0.25) is 0 Å². The molecule has 0 aliphatic carbocycles. The lowest BCUT2D eigenvalue weighted by Crippen LogP contribution is -2.40. The number of methoxy groups -OCH3 is 1. The molecule has 0 spiro atoms. The number of hydrogen-bond donors (Lipinski definition) is 0. The molecule has 1 aromatic carbocycles. The summed E-state index contributed by atoms with van der Waals surface area (Å²) in [4.78, 5) is 13.0. The van der Waals surface area contributed by atoms with E-state index >= 15 is 0 Å². The lowest BCUT2D eigenvalue weighted by molar-refractivity contribution is -0.0498. The number of halogens is 2. The van der Waals surface area contributed by atoms with E-state index in [0.717, 1.165) is 5.56 Å². The lowest BCUT2D eigenvalue weighted by Gasteiger charge is -2.26. The third-order valence-corrected chi connectivity index (χ3v) is 3.25. The van der Waals surface area contributed by atoms with E-state index in [0.29, 0.717) is 6.54 Å². The summed E-state index contributed by atoms with van der Waals surface area (Å²) < 4.78 is 33.2. The van der Waals surface area contributed by atoms with Crippen LogP contribution in [0.15, 0.2) is 34.5 Å². The molecule has 0 N–H and O–H groups in total. The van der Waals surface area contributed by atoms with Gasteiger partial charge in [-0.25, -0.2) is 4.79 Å². The maximum atomic E-state index is 12.1. The summed E-state index contributed by atoms with van der Waals surface area (Å²) in [7, 11) is 2.90. The first-order valence-corrected chi connectivity index (χ1v) is 6.25. The van der Waals surface area contributed by atoms with E-state index in [2.05, 4.69) is 19.7 Å². The zero-order chi connectivity index (χ0) is 15.4. The van der Waals surface area contributed by atoms with Crippen LogP contribution >= 0.6 is 0 Å². The van der Waals surface area contributed by atoms with Crippen molar-refractivity contribution in [3.05, 3.63) is 29.8 Å². The van der Waals surface area contributed by atoms with Crippen LogP contribution in [0, 0.1) is 0 Å². The Labute approximate surface area is 120 Å². The van der Waals surface area contributed by atoms with Crippen molar-refractivity contribution in [2.75, 3.05) is 20.7 Å². The molecule has 2 unspecified atom stereocenters. The zero-order valence-corrected chi connectivity index (χ0v) is 11.6. The summed E-state index contributed by atoms with van der Waals surface area (Å²) in [5.74, 6) is 0.0709. The van der Waals surface area contributed by atoms with Gasteiger partial charge in [-0.1, -0.05) is 12.1 Å². The summed E-state index contributed by atoms with van der Waals surface area (Å²) in [6.07, 6.45) is -0.477. The molecular weight excluding hydrogens is 284 g/mol. The predicted molar refractivity (Wildman–Crippen MR) is 69.5 cm³/mol. The topological polar surface area (TPSA) is 63.5 Å². The van der Waals surface area contributed by atoms with Crippen LogP contribution in [-0.2, 0) is 4.74 Å². The smallest absolute Gasteiger partial charge is 0.409 e. The number of likely N-dealkylation sites (N-methyl/N-ethyl adjacent to an activating group) is 1. The van der Waals surface area contributed by atoms with E-state index in [1.54, 1.807) is 19.2 Å². The van der Waals surface area contributed by atoms with Crippen LogP contribution < -0.4 is 4.74 Å². The van der Waals surface area contributed by atoms with Crippen LogP contribution in [0.4, 0.5) is 13.6 Å². The average molecular weight is 299 g/mol. The van der Waals surface area contributed by atoms with Crippen LogP contribution in [0.5, 0.6) is 5.75 Å². The molecule has 1 aromatic rings. The minimum atomic E-state index is -2.86. The van der Waals surface area contributed by atoms with Gasteiger partial charge in [0, 0.05) is 7.05 Å². The number of rotatable bonds is 4. The first-order valence-electron chi connectivity index (χ1n) is 6.25. The van der Waals surface area contributed by atoms with E-state index in [1.807, 2.05) is 0 Å². The molecule has 21 heavy (non-hydrogen) atoms. The number of nitrogens with zero attached hydrogens (tertiary/aromatic N) is 3. The molecule has 8 heteroatoms. The average Bonchev–Trinajstić information content (AvgIpc) is 2.95. The quantitative estimate of drug-likeness (QED) is 0.858. The Hall–Kier alpha value is -2.25. The number of carbonyl (C=O) groups is 1. The third kappa shape index (κ3) is 3.45. The first-order chi connectivity index (χ1) is 10.0. The standard InChI is InChI=1S/C13H15F2N3O3/c1-18(13(19)20-2)10-7-16-17-11(10)8-3-5-9(6-4-8)21-12(14)15/h3-6,10-12H,7H2,1-2H3. The highest BCUT2D eigenvalue weighted by molar-refractivity contribution is 5.67. The normalized spacial score (nSPS) is 20.6. The Morgan fingerprint density at radius 1 is 1.38 bits per heavy atom. The Kier molecular flexibility index (Phi) is 4.66. The monoisotopic (exact) mass is 299 g/mol. The van der Waals surface area contributed by atoms with E-state index in [-0.39, 0.29) is 17.8 Å². The minimum Gasteiger partial charge on any atom is -0.453 e. The van der Waals surface area contributed by atoms with E-state index in [9.17, 15) is 13.6 Å². The summed E-state index contributed by atoms with van der Waals surface area (Å²) >= 11 is 0. The van der Waals surface area contributed by atoms with Crippen LogP contribution in [0.25, 0.3) is 0 Å². The number of alkyl halides is 2. The molecule has 1 amide bonds. The van der Waals surface area contributed by atoms with Gasteiger partial charge in [0.25, 0.3) is 0 Å². The molecule has 0 saturated carbocycles. The Morgan fingerprint density at radius 2 is 2.05 bits per heavy atom. The maximum Gasteiger partial charge on any atom is 0.409 e. The van der Waals surface area contributed by atoms with Gasteiger partial charge in [0.05, 0.1) is 19.7 Å². The Morgan fingerprint density at radius 3 is 2.62 bits per heavy atom. The number of ether oxygens (including phenoxy) is 2.